The van der Waals surface area contributed by atoms with Crippen LogP contribution in [0.4, 0.5) is 0 Å². The van der Waals surface area contributed by atoms with E-state index in [1.807, 2.05) is 44.4 Å². The molecule has 0 radical (unpaired) electrons. The number of carbonyl (C=O) groups excluding carboxylic acids is 2. The molecule has 1 N–H and O–H groups in total. The fraction of sp³-hybridized carbons (Fsp3) is 0.476. The van der Waals surface area contributed by atoms with Crippen molar-refractivity contribution in [1.29, 1.82) is 0 Å². The fourth-order valence-electron chi connectivity index (χ4n) is 3.55. The molecule has 1 fully saturated rings. The first-order valence-corrected chi connectivity index (χ1v) is 9.85. The zero-order valence-electron chi connectivity index (χ0n) is 17.9. The van der Waals surface area contributed by atoms with E-state index in [2.05, 4.69) is 10.4 Å². The molecular weight excluding hydrogens is 406 g/mol. The highest BCUT2D eigenvalue weighted by Crippen LogP contribution is 2.18. The van der Waals surface area contributed by atoms with Gasteiger partial charge in [-0.1, -0.05) is 12.1 Å². The molecule has 1 aliphatic rings. The highest BCUT2D eigenvalue weighted by atomic mass is 35.5. The highest BCUT2D eigenvalue weighted by molar-refractivity contribution is 5.85. The van der Waals surface area contributed by atoms with Crippen LogP contribution in [0.25, 0.3) is 0 Å². The van der Waals surface area contributed by atoms with E-state index in [0.717, 1.165) is 11.1 Å². The van der Waals surface area contributed by atoms with E-state index in [9.17, 15) is 9.59 Å². The molecule has 30 heavy (non-hydrogen) atoms. The van der Waals surface area contributed by atoms with E-state index in [-0.39, 0.29) is 24.2 Å². The van der Waals surface area contributed by atoms with Gasteiger partial charge in [0.05, 0.1) is 6.20 Å². The molecule has 1 aliphatic heterocycles. The first-order valence-electron chi connectivity index (χ1n) is 9.85. The number of hydrogen-bond acceptors (Lipinski definition) is 5. The highest BCUT2D eigenvalue weighted by Gasteiger charge is 2.31. The maximum Gasteiger partial charge on any atom is 0.263 e. The van der Waals surface area contributed by atoms with Crippen LogP contribution < -0.4 is 10.1 Å². The Kier molecular flexibility index (Phi) is 8.25. The third-order valence-electron chi connectivity index (χ3n) is 5.15. The van der Waals surface area contributed by atoms with Gasteiger partial charge in [-0.05, 0) is 38.6 Å². The second kappa shape index (κ2) is 10.4. The summed E-state index contributed by atoms with van der Waals surface area (Å²) in [5, 5.41) is 7.21. The average Bonchev–Trinajstić information content (AvgIpc) is 3.14. The molecule has 9 heteroatoms. The number of nitrogens with one attached hydrogen (secondary N) is 1. The Hall–Kier alpha value is -2.58. The van der Waals surface area contributed by atoms with Crippen LogP contribution in [-0.4, -0.2) is 70.7 Å². The lowest BCUT2D eigenvalue weighted by atomic mass is 10.1. The normalized spacial score (nSPS) is 15.9. The number of amides is 2. The van der Waals surface area contributed by atoms with Crippen LogP contribution in [0, 0.1) is 6.92 Å². The first kappa shape index (κ1) is 23.7. The lowest BCUT2D eigenvalue weighted by molar-refractivity contribution is -0.144. The summed E-state index contributed by atoms with van der Waals surface area (Å²) in [7, 11) is 3.59. The number of benzene rings is 1. The molecule has 2 heterocycles. The first-order chi connectivity index (χ1) is 13.9. The van der Waals surface area contributed by atoms with E-state index in [1.165, 1.54) is 0 Å². The van der Waals surface area contributed by atoms with Crippen LogP contribution in [0.3, 0.4) is 0 Å². The zero-order valence-corrected chi connectivity index (χ0v) is 18.7. The van der Waals surface area contributed by atoms with Crippen molar-refractivity contribution in [1.82, 2.24) is 24.9 Å². The van der Waals surface area contributed by atoms with Crippen LogP contribution in [0.2, 0.25) is 0 Å². The number of aromatic nitrogens is 2. The minimum atomic E-state index is -0.570. The Morgan fingerprint density at radius 3 is 2.30 bits per heavy atom. The van der Waals surface area contributed by atoms with Crippen molar-refractivity contribution in [3.63, 3.8) is 0 Å². The van der Waals surface area contributed by atoms with Gasteiger partial charge >= 0.3 is 0 Å². The summed E-state index contributed by atoms with van der Waals surface area (Å²) in [6.07, 6.45) is 2.96. The van der Waals surface area contributed by atoms with Gasteiger partial charge in [-0.3, -0.25) is 14.3 Å². The second-order valence-corrected chi connectivity index (χ2v) is 7.40. The number of carbonyl (C=O) groups is 2. The molecule has 8 nitrogen and oxygen atoms in total. The van der Waals surface area contributed by atoms with Gasteiger partial charge in [0, 0.05) is 45.0 Å². The topological polar surface area (TPSA) is 79.7 Å². The molecule has 1 saturated heterocycles. The van der Waals surface area contributed by atoms with Gasteiger partial charge in [0.2, 0.25) is 5.91 Å². The Morgan fingerprint density at radius 2 is 1.77 bits per heavy atom. The van der Waals surface area contributed by atoms with Crippen LogP contribution in [-0.2, 0) is 16.6 Å². The minimum Gasteiger partial charge on any atom is -0.481 e. The van der Waals surface area contributed by atoms with Crippen molar-refractivity contribution in [2.75, 3.05) is 33.2 Å². The number of hydrogen-bond donors (Lipinski definition) is 1. The predicted molar refractivity (Wildman–Crippen MR) is 117 cm³/mol. The molecule has 2 atom stereocenters. The molecule has 0 spiro atoms. The molecule has 1 aromatic heterocycles. The summed E-state index contributed by atoms with van der Waals surface area (Å²) >= 11 is 0. The monoisotopic (exact) mass is 435 g/mol. The van der Waals surface area contributed by atoms with Crippen LogP contribution in [0.5, 0.6) is 5.75 Å². The van der Waals surface area contributed by atoms with Gasteiger partial charge in [0.1, 0.15) is 11.8 Å². The second-order valence-electron chi connectivity index (χ2n) is 7.40. The number of rotatable bonds is 6. The molecule has 0 aliphatic carbocycles. The van der Waals surface area contributed by atoms with E-state index in [4.69, 9.17) is 4.74 Å². The third kappa shape index (κ3) is 5.52. The number of ether oxygens (including phenoxy) is 1. The quantitative estimate of drug-likeness (QED) is 0.744. The zero-order chi connectivity index (χ0) is 21.0. The number of piperazine rings is 1. The van der Waals surface area contributed by atoms with E-state index in [1.54, 1.807) is 34.6 Å². The van der Waals surface area contributed by atoms with E-state index < -0.39 is 12.1 Å². The summed E-state index contributed by atoms with van der Waals surface area (Å²) in [6.45, 7) is 5.74. The molecule has 0 saturated carbocycles. The fourth-order valence-corrected chi connectivity index (χ4v) is 3.55. The van der Waals surface area contributed by atoms with Crippen LogP contribution in [0.15, 0.2) is 36.7 Å². The van der Waals surface area contributed by atoms with Crippen molar-refractivity contribution >= 4 is 24.2 Å². The summed E-state index contributed by atoms with van der Waals surface area (Å²) in [6, 6.07) is 7.22. The van der Waals surface area contributed by atoms with Crippen molar-refractivity contribution < 1.29 is 14.3 Å². The number of likely N-dealkylation sites (N-methyl/N-ethyl adjacent to an activating group) is 1. The smallest absolute Gasteiger partial charge is 0.263 e. The Bertz CT molecular complexity index is 864. The molecule has 0 bridgehead atoms. The summed E-state index contributed by atoms with van der Waals surface area (Å²) in [5.41, 5.74) is 1.92. The number of nitrogens with zero attached hydrogens (tertiary/aromatic N) is 4. The Balaban J connectivity index is 0.00000320. The largest absolute Gasteiger partial charge is 0.481 e. The summed E-state index contributed by atoms with van der Waals surface area (Å²) < 4.78 is 7.49. The predicted octanol–water partition coefficient (Wildman–Crippen LogP) is 1.55. The average molecular weight is 436 g/mol. The van der Waals surface area contributed by atoms with Crippen molar-refractivity contribution in [3.05, 3.63) is 47.8 Å². The summed E-state index contributed by atoms with van der Waals surface area (Å²) in [4.78, 5) is 29.2. The van der Waals surface area contributed by atoms with Gasteiger partial charge in [-0.2, -0.15) is 5.10 Å². The van der Waals surface area contributed by atoms with Gasteiger partial charge in [-0.25, -0.2) is 0 Å². The van der Waals surface area contributed by atoms with Gasteiger partial charge < -0.3 is 19.9 Å². The maximum atomic E-state index is 12.9. The van der Waals surface area contributed by atoms with Crippen LogP contribution >= 0.6 is 12.4 Å². The van der Waals surface area contributed by atoms with Gasteiger partial charge in [-0.15, -0.1) is 12.4 Å². The molecule has 164 valence electrons. The number of halogens is 1. The molecule has 3 rings (SSSR count). The SMILES string of the molecule is CNC(C(=O)N1CCN(C(=O)C(C)Oc2cccc(C)c2)CC1)c1cnn(C)c1.Cl. The van der Waals surface area contributed by atoms with Crippen LogP contribution in [0.1, 0.15) is 24.1 Å². The minimum absolute atomic E-state index is 0. The molecular formula is C21H30ClN5O3. The van der Waals surface area contributed by atoms with E-state index >= 15 is 0 Å². The molecule has 2 amide bonds. The third-order valence-corrected chi connectivity index (χ3v) is 5.15. The lowest BCUT2D eigenvalue weighted by Crippen LogP contribution is -2.54. The van der Waals surface area contributed by atoms with Gasteiger partial charge in [0.25, 0.3) is 5.91 Å². The van der Waals surface area contributed by atoms with Crippen molar-refractivity contribution in [2.45, 2.75) is 26.0 Å². The maximum absolute atomic E-state index is 12.9. The lowest BCUT2D eigenvalue weighted by Gasteiger charge is -2.37. The van der Waals surface area contributed by atoms with E-state index in [0.29, 0.717) is 31.9 Å². The summed E-state index contributed by atoms with van der Waals surface area (Å²) in [5.74, 6) is 0.626. The molecule has 2 aromatic rings. The Labute approximate surface area is 183 Å². The molecule has 2 unspecified atom stereocenters. The van der Waals surface area contributed by atoms with Crippen molar-refractivity contribution in [3.8, 4) is 5.75 Å². The van der Waals surface area contributed by atoms with Crippen molar-refractivity contribution in [2.24, 2.45) is 7.05 Å². The standard InChI is InChI=1S/C21H29N5O3.ClH/c1-15-6-5-7-18(12-15)29-16(2)20(27)25-8-10-26(11-9-25)21(28)19(22-3)17-13-23-24(4)14-17;/h5-7,12-14,16,19,22H,8-11H2,1-4H3;1H. The Morgan fingerprint density at radius 1 is 1.13 bits per heavy atom. The van der Waals surface area contributed by atoms with Gasteiger partial charge in [0.15, 0.2) is 6.10 Å². The molecule has 1 aromatic carbocycles. The number of aryl methyl sites for hydroxylation is 2.